The van der Waals surface area contributed by atoms with Crippen molar-refractivity contribution in [2.75, 3.05) is 0 Å². The smallest absolute Gasteiger partial charge is 0.0654 e. The van der Waals surface area contributed by atoms with Gasteiger partial charge in [0.15, 0.2) is 0 Å². The zero-order valence-electron chi connectivity index (χ0n) is 11.3. The van der Waals surface area contributed by atoms with E-state index in [4.69, 9.17) is 5.73 Å². The number of benzene rings is 2. The van der Waals surface area contributed by atoms with E-state index < -0.39 is 0 Å². The van der Waals surface area contributed by atoms with Gasteiger partial charge < -0.3 is 5.73 Å². The Kier molecular flexibility index (Phi) is 3.92. The van der Waals surface area contributed by atoms with Gasteiger partial charge in [-0.05, 0) is 45.8 Å². The molecule has 0 radical (unpaired) electrons. The first kappa shape index (κ1) is 13.8. The van der Waals surface area contributed by atoms with Crippen LogP contribution in [-0.2, 0) is 6.42 Å². The average Bonchev–Trinajstić information content (AvgIpc) is 2.96. The van der Waals surface area contributed by atoms with Gasteiger partial charge in [0.1, 0.15) is 0 Å². The van der Waals surface area contributed by atoms with Crippen LogP contribution in [0.3, 0.4) is 0 Å². The third-order valence-electron chi connectivity index (χ3n) is 3.68. The molecule has 0 aliphatic rings. The van der Waals surface area contributed by atoms with E-state index in [1.165, 1.54) is 26.8 Å². The Morgan fingerprint density at radius 2 is 1.85 bits per heavy atom. The predicted molar refractivity (Wildman–Crippen MR) is 91.4 cm³/mol. The largest absolute Gasteiger partial charge is 0.320 e. The SMILES string of the molecule is CCc1ccsc1C(N)c1ccc(Br)c2ccccc12. The minimum Gasteiger partial charge on any atom is -0.320 e. The fourth-order valence-electron chi connectivity index (χ4n) is 2.61. The molecule has 2 aromatic carbocycles. The van der Waals surface area contributed by atoms with E-state index in [1.807, 2.05) is 0 Å². The summed E-state index contributed by atoms with van der Waals surface area (Å²) in [4.78, 5) is 1.28. The minimum atomic E-state index is -0.0528. The van der Waals surface area contributed by atoms with Crippen LogP contribution in [0.15, 0.2) is 52.3 Å². The summed E-state index contributed by atoms with van der Waals surface area (Å²) in [6, 6.07) is 14.8. The molecule has 3 heteroatoms. The number of halogens is 1. The van der Waals surface area contributed by atoms with Crippen LogP contribution in [0.25, 0.3) is 10.8 Å². The number of rotatable bonds is 3. The summed E-state index contributed by atoms with van der Waals surface area (Å²) in [6.45, 7) is 2.18. The van der Waals surface area contributed by atoms with Gasteiger partial charge in [0.2, 0.25) is 0 Å². The van der Waals surface area contributed by atoms with Crippen LogP contribution in [-0.4, -0.2) is 0 Å². The van der Waals surface area contributed by atoms with Crippen LogP contribution in [0.4, 0.5) is 0 Å². The number of thiophene rings is 1. The highest BCUT2D eigenvalue weighted by molar-refractivity contribution is 9.10. The van der Waals surface area contributed by atoms with Gasteiger partial charge in [-0.3, -0.25) is 0 Å². The molecule has 1 heterocycles. The zero-order chi connectivity index (χ0) is 14.1. The molecule has 0 saturated heterocycles. The molecule has 0 amide bonds. The first-order chi connectivity index (χ1) is 9.72. The van der Waals surface area contributed by atoms with Gasteiger partial charge >= 0.3 is 0 Å². The number of aryl methyl sites for hydroxylation is 1. The van der Waals surface area contributed by atoms with Crippen LogP contribution in [0.2, 0.25) is 0 Å². The second-order valence-electron chi connectivity index (χ2n) is 4.82. The zero-order valence-corrected chi connectivity index (χ0v) is 13.7. The summed E-state index contributed by atoms with van der Waals surface area (Å²) in [5, 5.41) is 4.58. The molecule has 0 saturated carbocycles. The monoisotopic (exact) mass is 345 g/mol. The van der Waals surface area contributed by atoms with Crippen molar-refractivity contribution in [3.63, 3.8) is 0 Å². The Bertz CT molecular complexity index is 748. The van der Waals surface area contributed by atoms with E-state index in [1.54, 1.807) is 11.3 Å². The van der Waals surface area contributed by atoms with Crippen LogP contribution in [0, 0.1) is 0 Å². The summed E-state index contributed by atoms with van der Waals surface area (Å²) in [7, 11) is 0. The molecule has 0 spiro atoms. The van der Waals surface area contributed by atoms with Gasteiger partial charge in [-0.25, -0.2) is 0 Å². The molecule has 1 unspecified atom stereocenters. The van der Waals surface area contributed by atoms with Crippen molar-refractivity contribution in [1.29, 1.82) is 0 Å². The van der Waals surface area contributed by atoms with Crippen molar-refractivity contribution in [2.45, 2.75) is 19.4 Å². The summed E-state index contributed by atoms with van der Waals surface area (Å²) in [5.41, 5.74) is 9.10. The fourth-order valence-corrected chi connectivity index (χ4v) is 4.10. The Morgan fingerprint density at radius 1 is 1.10 bits per heavy atom. The molecule has 0 bridgehead atoms. The van der Waals surface area contributed by atoms with Crippen LogP contribution >= 0.6 is 27.3 Å². The molecule has 1 nitrogen and oxygen atoms in total. The summed E-state index contributed by atoms with van der Waals surface area (Å²) in [6.07, 6.45) is 1.03. The Balaban J connectivity index is 2.17. The van der Waals surface area contributed by atoms with Crippen molar-refractivity contribution in [3.8, 4) is 0 Å². The molecule has 1 aromatic heterocycles. The standard InChI is InChI=1S/C17H16BrNS/c1-2-11-9-10-20-17(11)16(19)14-7-8-15(18)13-6-4-3-5-12(13)14/h3-10,16H,2,19H2,1H3. The van der Waals surface area contributed by atoms with Crippen LogP contribution in [0.1, 0.15) is 29.0 Å². The summed E-state index contributed by atoms with van der Waals surface area (Å²) in [5.74, 6) is 0. The lowest BCUT2D eigenvalue weighted by molar-refractivity contribution is 0.882. The molecule has 1 atom stereocenters. The van der Waals surface area contributed by atoms with E-state index in [2.05, 4.69) is 70.7 Å². The maximum absolute atomic E-state index is 6.55. The predicted octanol–water partition coefficient (Wildman–Crippen LogP) is 5.27. The highest BCUT2D eigenvalue weighted by Gasteiger charge is 2.17. The first-order valence-corrected chi connectivity index (χ1v) is 8.38. The molecule has 2 N–H and O–H groups in total. The van der Waals surface area contributed by atoms with Gasteiger partial charge in [-0.2, -0.15) is 0 Å². The molecule has 0 aliphatic carbocycles. The van der Waals surface area contributed by atoms with Crippen molar-refractivity contribution in [1.82, 2.24) is 0 Å². The van der Waals surface area contributed by atoms with Gasteiger partial charge in [0.05, 0.1) is 6.04 Å². The third-order valence-corrected chi connectivity index (χ3v) is 5.42. The van der Waals surface area contributed by atoms with Gasteiger partial charge in [-0.1, -0.05) is 53.2 Å². The quantitative estimate of drug-likeness (QED) is 0.686. The van der Waals surface area contributed by atoms with Crippen molar-refractivity contribution in [3.05, 3.63) is 68.3 Å². The Hall–Kier alpha value is -1.16. The molecule has 20 heavy (non-hydrogen) atoms. The van der Waals surface area contributed by atoms with Crippen molar-refractivity contribution < 1.29 is 0 Å². The van der Waals surface area contributed by atoms with E-state index in [0.29, 0.717) is 0 Å². The molecule has 0 aliphatic heterocycles. The third kappa shape index (κ3) is 2.30. The lowest BCUT2D eigenvalue weighted by Gasteiger charge is -2.16. The second kappa shape index (κ2) is 5.68. The number of hydrogen-bond donors (Lipinski definition) is 1. The van der Waals surface area contributed by atoms with E-state index in [-0.39, 0.29) is 6.04 Å². The van der Waals surface area contributed by atoms with Gasteiger partial charge in [-0.15, -0.1) is 11.3 Å². The molecular weight excluding hydrogens is 330 g/mol. The second-order valence-corrected chi connectivity index (χ2v) is 6.63. The first-order valence-electron chi connectivity index (χ1n) is 6.71. The minimum absolute atomic E-state index is 0.0528. The maximum Gasteiger partial charge on any atom is 0.0654 e. The maximum atomic E-state index is 6.55. The average molecular weight is 346 g/mol. The highest BCUT2D eigenvalue weighted by Crippen LogP contribution is 2.34. The lowest BCUT2D eigenvalue weighted by atomic mass is 9.96. The highest BCUT2D eigenvalue weighted by atomic mass is 79.9. The van der Waals surface area contributed by atoms with Crippen LogP contribution < -0.4 is 5.73 Å². The van der Waals surface area contributed by atoms with E-state index >= 15 is 0 Å². The number of fused-ring (bicyclic) bond motifs is 1. The molecular formula is C17H16BrNS. The summed E-state index contributed by atoms with van der Waals surface area (Å²) >= 11 is 5.37. The summed E-state index contributed by atoms with van der Waals surface area (Å²) < 4.78 is 1.12. The molecule has 3 rings (SSSR count). The van der Waals surface area contributed by atoms with Gasteiger partial charge in [0.25, 0.3) is 0 Å². The lowest BCUT2D eigenvalue weighted by Crippen LogP contribution is -2.12. The van der Waals surface area contributed by atoms with E-state index in [0.717, 1.165) is 10.9 Å². The number of hydrogen-bond acceptors (Lipinski definition) is 2. The van der Waals surface area contributed by atoms with Crippen molar-refractivity contribution >= 4 is 38.0 Å². The fraction of sp³-hybridized carbons (Fsp3) is 0.176. The molecule has 3 aromatic rings. The number of nitrogens with two attached hydrogens (primary N) is 1. The molecule has 0 fully saturated rings. The topological polar surface area (TPSA) is 26.0 Å². The Morgan fingerprint density at radius 3 is 2.60 bits per heavy atom. The van der Waals surface area contributed by atoms with E-state index in [9.17, 15) is 0 Å². The van der Waals surface area contributed by atoms with Crippen molar-refractivity contribution in [2.24, 2.45) is 5.73 Å². The molecule has 102 valence electrons. The Labute approximate surface area is 131 Å². The van der Waals surface area contributed by atoms with Gasteiger partial charge in [0, 0.05) is 9.35 Å². The van der Waals surface area contributed by atoms with Crippen LogP contribution in [0.5, 0.6) is 0 Å². The normalized spacial score (nSPS) is 12.8.